The van der Waals surface area contributed by atoms with Crippen LogP contribution in [0.25, 0.3) is 0 Å². The van der Waals surface area contributed by atoms with Crippen LogP contribution in [0.15, 0.2) is 12.4 Å². The molecule has 4 nitrogen and oxygen atoms in total. The molecule has 0 unspecified atom stereocenters. The van der Waals surface area contributed by atoms with E-state index in [9.17, 15) is 0 Å². The number of aromatic nitrogens is 2. The van der Waals surface area contributed by atoms with E-state index in [-0.39, 0.29) is 0 Å². The molecule has 0 saturated heterocycles. The average Bonchev–Trinajstić information content (AvgIpc) is 2.15. The fourth-order valence-electron chi connectivity index (χ4n) is 1.04. The molecule has 0 spiro atoms. The summed E-state index contributed by atoms with van der Waals surface area (Å²) < 4.78 is 0. The summed E-state index contributed by atoms with van der Waals surface area (Å²) >= 11 is 5.82. The number of rotatable bonds is 5. The van der Waals surface area contributed by atoms with Gasteiger partial charge in [-0.1, -0.05) is 11.6 Å². The van der Waals surface area contributed by atoms with Crippen LogP contribution in [0.4, 0.5) is 5.82 Å². The van der Waals surface area contributed by atoms with Crippen LogP contribution < -0.4 is 5.32 Å². The number of halogens is 1. The van der Waals surface area contributed by atoms with Gasteiger partial charge in [0, 0.05) is 18.9 Å². The maximum Gasteiger partial charge on any atom is 0.171 e. The normalized spacial score (nSPS) is 10.6. The molecular weight excluding hydrogens is 200 g/mol. The molecule has 0 radical (unpaired) electrons. The fourth-order valence-corrected chi connectivity index (χ4v) is 1.21. The lowest BCUT2D eigenvalue weighted by atomic mass is 10.4. The standard InChI is InChI=1S/C9H15ClN4/c1-14(2)7-3-4-12-9-8(10)11-5-6-13-9/h5-6H,3-4,7H2,1-2H3,(H,12,13). The van der Waals surface area contributed by atoms with E-state index in [1.54, 1.807) is 12.4 Å². The molecule has 0 aliphatic carbocycles. The number of hydrogen-bond acceptors (Lipinski definition) is 4. The Bertz CT molecular complexity index is 277. The van der Waals surface area contributed by atoms with Crippen LogP contribution in [0.5, 0.6) is 0 Å². The lowest BCUT2D eigenvalue weighted by molar-refractivity contribution is 0.405. The first-order valence-electron chi connectivity index (χ1n) is 4.55. The van der Waals surface area contributed by atoms with E-state index in [1.807, 2.05) is 0 Å². The van der Waals surface area contributed by atoms with E-state index in [0.29, 0.717) is 11.0 Å². The first-order valence-corrected chi connectivity index (χ1v) is 4.93. The zero-order chi connectivity index (χ0) is 10.4. The Morgan fingerprint density at radius 1 is 1.36 bits per heavy atom. The van der Waals surface area contributed by atoms with Crippen LogP contribution in [0.2, 0.25) is 5.15 Å². The third-order valence-corrected chi connectivity index (χ3v) is 2.00. The van der Waals surface area contributed by atoms with Crippen LogP contribution in [-0.2, 0) is 0 Å². The molecule has 0 aliphatic rings. The quantitative estimate of drug-likeness (QED) is 0.755. The molecule has 14 heavy (non-hydrogen) atoms. The molecule has 0 aliphatic heterocycles. The molecule has 1 aromatic heterocycles. The van der Waals surface area contributed by atoms with Crippen molar-refractivity contribution in [2.75, 3.05) is 32.5 Å². The van der Waals surface area contributed by atoms with Crippen LogP contribution in [-0.4, -0.2) is 42.1 Å². The van der Waals surface area contributed by atoms with Gasteiger partial charge >= 0.3 is 0 Å². The van der Waals surface area contributed by atoms with Crippen molar-refractivity contribution in [1.29, 1.82) is 0 Å². The van der Waals surface area contributed by atoms with Crippen molar-refractivity contribution in [3.63, 3.8) is 0 Å². The molecule has 1 heterocycles. The number of nitrogens with one attached hydrogen (secondary N) is 1. The van der Waals surface area contributed by atoms with Gasteiger partial charge < -0.3 is 10.2 Å². The topological polar surface area (TPSA) is 41.0 Å². The monoisotopic (exact) mass is 214 g/mol. The molecule has 0 aromatic carbocycles. The third-order valence-electron chi connectivity index (χ3n) is 1.73. The summed E-state index contributed by atoms with van der Waals surface area (Å²) in [6, 6.07) is 0. The van der Waals surface area contributed by atoms with Gasteiger partial charge in [-0.15, -0.1) is 0 Å². The van der Waals surface area contributed by atoms with Crippen molar-refractivity contribution < 1.29 is 0 Å². The summed E-state index contributed by atoms with van der Waals surface area (Å²) in [6.45, 7) is 1.90. The molecule has 0 fully saturated rings. The van der Waals surface area contributed by atoms with E-state index in [2.05, 4.69) is 34.3 Å². The number of hydrogen-bond donors (Lipinski definition) is 1. The zero-order valence-electron chi connectivity index (χ0n) is 8.50. The lowest BCUT2D eigenvalue weighted by Crippen LogP contribution is -2.16. The zero-order valence-corrected chi connectivity index (χ0v) is 9.25. The first-order chi connectivity index (χ1) is 6.70. The summed E-state index contributed by atoms with van der Waals surface area (Å²) in [5.41, 5.74) is 0. The number of anilines is 1. The molecule has 5 heteroatoms. The fraction of sp³-hybridized carbons (Fsp3) is 0.556. The summed E-state index contributed by atoms with van der Waals surface area (Å²) in [5.74, 6) is 0.660. The lowest BCUT2D eigenvalue weighted by Gasteiger charge is -2.10. The van der Waals surface area contributed by atoms with Crippen molar-refractivity contribution in [2.24, 2.45) is 0 Å². The Hall–Kier alpha value is -0.870. The van der Waals surface area contributed by atoms with E-state index in [4.69, 9.17) is 11.6 Å². The highest BCUT2D eigenvalue weighted by Crippen LogP contribution is 2.13. The first kappa shape index (κ1) is 11.2. The SMILES string of the molecule is CN(C)CCCNc1nccnc1Cl. The van der Waals surface area contributed by atoms with E-state index in [1.165, 1.54) is 0 Å². The van der Waals surface area contributed by atoms with Gasteiger partial charge in [0.15, 0.2) is 11.0 Å². The van der Waals surface area contributed by atoms with Crippen LogP contribution >= 0.6 is 11.6 Å². The highest BCUT2D eigenvalue weighted by atomic mass is 35.5. The van der Waals surface area contributed by atoms with Crippen molar-refractivity contribution in [2.45, 2.75) is 6.42 Å². The number of nitrogens with zero attached hydrogens (tertiary/aromatic N) is 3. The Morgan fingerprint density at radius 2 is 2.07 bits per heavy atom. The van der Waals surface area contributed by atoms with Gasteiger partial charge in [0.2, 0.25) is 0 Å². The van der Waals surface area contributed by atoms with Crippen LogP contribution in [0, 0.1) is 0 Å². The van der Waals surface area contributed by atoms with Crippen molar-refractivity contribution in [3.8, 4) is 0 Å². The van der Waals surface area contributed by atoms with Crippen LogP contribution in [0.3, 0.4) is 0 Å². The maximum atomic E-state index is 5.82. The Morgan fingerprint density at radius 3 is 2.71 bits per heavy atom. The predicted molar refractivity (Wildman–Crippen MR) is 58.7 cm³/mol. The van der Waals surface area contributed by atoms with Crippen molar-refractivity contribution in [1.82, 2.24) is 14.9 Å². The van der Waals surface area contributed by atoms with Gasteiger partial charge in [-0.25, -0.2) is 9.97 Å². The highest BCUT2D eigenvalue weighted by Gasteiger charge is 1.99. The van der Waals surface area contributed by atoms with Gasteiger partial charge in [0.1, 0.15) is 0 Å². The second-order valence-electron chi connectivity index (χ2n) is 3.28. The molecular formula is C9H15ClN4. The Kier molecular flexibility index (Phi) is 4.62. The average molecular weight is 215 g/mol. The summed E-state index contributed by atoms with van der Waals surface area (Å²) in [7, 11) is 4.10. The van der Waals surface area contributed by atoms with Gasteiger partial charge in [-0.05, 0) is 27.1 Å². The maximum absolute atomic E-state index is 5.82. The summed E-state index contributed by atoms with van der Waals surface area (Å²) in [4.78, 5) is 10.1. The van der Waals surface area contributed by atoms with E-state index < -0.39 is 0 Å². The minimum atomic E-state index is 0.428. The molecule has 1 N–H and O–H groups in total. The highest BCUT2D eigenvalue weighted by molar-refractivity contribution is 6.31. The van der Waals surface area contributed by atoms with Gasteiger partial charge in [0.05, 0.1) is 0 Å². The largest absolute Gasteiger partial charge is 0.367 e. The van der Waals surface area contributed by atoms with Crippen molar-refractivity contribution in [3.05, 3.63) is 17.5 Å². The van der Waals surface area contributed by atoms with Gasteiger partial charge in [-0.2, -0.15) is 0 Å². The molecule has 0 bridgehead atoms. The van der Waals surface area contributed by atoms with Gasteiger partial charge in [-0.3, -0.25) is 0 Å². The molecule has 0 amide bonds. The molecule has 1 rings (SSSR count). The molecule has 0 saturated carbocycles. The predicted octanol–water partition coefficient (Wildman–Crippen LogP) is 1.49. The van der Waals surface area contributed by atoms with E-state index in [0.717, 1.165) is 19.5 Å². The van der Waals surface area contributed by atoms with Crippen molar-refractivity contribution >= 4 is 17.4 Å². The van der Waals surface area contributed by atoms with Crippen LogP contribution in [0.1, 0.15) is 6.42 Å². The molecule has 0 atom stereocenters. The van der Waals surface area contributed by atoms with Gasteiger partial charge in [0.25, 0.3) is 0 Å². The smallest absolute Gasteiger partial charge is 0.171 e. The summed E-state index contributed by atoms with van der Waals surface area (Å²) in [6.07, 6.45) is 4.26. The minimum Gasteiger partial charge on any atom is -0.367 e. The minimum absolute atomic E-state index is 0.428. The Labute approximate surface area is 89.3 Å². The Balaban J connectivity index is 2.28. The second-order valence-corrected chi connectivity index (χ2v) is 3.64. The second kappa shape index (κ2) is 5.78. The molecule has 1 aromatic rings. The molecule has 78 valence electrons. The third kappa shape index (κ3) is 3.89. The summed E-state index contributed by atoms with van der Waals surface area (Å²) in [5, 5.41) is 3.56. The van der Waals surface area contributed by atoms with E-state index >= 15 is 0 Å².